The highest BCUT2D eigenvalue weighted by Gasteiger charge is 2.16. The van der Waals surface area contributed by atoms with Crippen LogP contribution in [0.1, 0.15) is 13.3 Å². The van der Waals surface area contributed by atoms with E-state index in [0.717, 1.165) is 6.07 Å². The van der Waals surface area contributed by atoms with E-state index in [0.29, 0.717) is 11.0 Å². The molecule has 0 fully saturated rings. The van der Waals surface area contributed by atoms with Crippen molar-refractivity contribution in [2.24, 2.45) is 0 Å². The summed E-state index contributed by atoms with van der Waals surface area (Å²) in [6, 6.07) is 1.76. The fourth-order valence-corrected chi connectivity index (χ4v) is 2.38. The first kappa shape index (κ1) is 16.7. The zero-order valence-electron chi connectivity index (χ0n) is 10.6. The number of hydrogen-bond donors (Lipinski definition) is 2. The predicted molar refractivity (Wildman–Crippen MR) is 77.6 cm³/mol. The molecule has 2 amide bonds. The molecule has 0 aliphatic heterocycles. The van der Waals surface area contributed by atoms with Crippen molar-refractivity contribution in [2.45, 2.75) is 13.3 Å². The third kappa shape index (κ3) is 4.64. The maximum Gasteiger partial charge on any atom is 0.321 e. The van der Waals surface area contributed by atoms with Gasteiger partial charge in [0.15, 0.2) is 0 Å². The first-order valence-electron chi connectivity index (χ1n) is 5.77. The lowest BCUT2D eigenvalue weighted by atomic mass is 10.3. The number of hydrogen-bond acceptors (Lipinski definition) is 2. The monoisotopic (exact) mass is 366 g/mol. The molecule has 1 rings (SSSR count). The fourth-order valence-electron chi connectivity index (χ4n) is 1.48. The Kier molecular flexibility index (Phi) is 6.22. The average Bonchev–Trinajstić information content (AvgIpc) is 2.34. The molecule has 0 aliphatic rings. The molecule has 0 saturated heterocycles. The Morgan fingerprint density at radius 1 is 1.50 bits per heavy atom. The van der Waals surface area contributed by atoms with E-state index >= 15 is 0 Å². The second kappa shape index (κ2) is 7.44. The minimum atomic E-state index is -0.989. The molecule has 8 heteroatoms. The van der Waals surface area contributed by atoms with E-state index in [4.69, 9.17) is 16.7 Å². The Balaban J connectivity index is 2.81. The van der Waals surface area contributed by atoms with Gasteiger partial charge in [-0.3, -0.25) is 4.79 Å². The molecule has 0 atom stereocenters. The smallest absolute Gasteiger partial charge is 0.321 e. The van der Waals surface area contributed by atoms with Gasteiger partial charge in [-0.1, -0.05) is 11.6 Å². The molecule has 20 heavy (non-hydrogen) atoms. The highest BCUT2D eigenvalue weighted by Crippen LogP contribution is 2.31. The maximum atomic E-state index is 13.1. The summed E-state index contributed by atoms with van der Waals surface area (Å²) in [5.41, 5.74) is 0.242. The lowest BCUT2D eigenvalue weighted by molar-refractivity contribution is -0.137. The molecule has 1 aromatic carbocycles. The van der Waals surface area contributed by atoms with Gasteiger partial charge in [0, 0.05) is 17.6 Å². The number of carboxylic acids is 1. The van der Waals surface area contributed by atoms with E-state index < -0.39 is 17.8 Å². The van der Waals surface area contributed by atoms with Crippen LogP contribution in [0, 0.1) is 5.82 Å². The Labute approximate surface area is 128 Å². The third-order valence-electron chi connectivity index (χ3n) is 2.50. The Morgan fingerprint density at radius 2 is 2.15 bits per heavy atom. The van der Waals surface area contributed by atoms with Crippen molar-refractivity contribution in [2.75, 3.05) is 18.4 Å². The number of carbonyl (C=O) groups excluding carboxylic acids is 1. The van der Waals surface area contributed by atoms with Crippen LogP contribution in [-0.4, -0.2) is 35.1 Å². The predicted octanol–water partition coefficient (Wildman–Crippen LogP) is 3.57. The van der Waals surface area contributed by atoms with Crippen LogP contribution < -0.4 is 5.32 Å². The van der Waals surface area contributed by atoms with Gasteiger partial charge in [0.2, 0.25) is 0 Å². The lowest BCUT2D eigenvalue weighted by Gasteiger charge is -2.21. The second-order valence-corrected chi connectivity index (χ2v) is 5.16. The summed E-state index contributed by atoms with van der Waals surface area (Å²) >= 11 is 8.96. The van der Waals surface area contributed by atoms with Crippen LogP contribution >= 0.6 is 27.5 Å². The summed E-state index contributed by atoms with van der Waals surface area (Å²) in [4.78, 5) is 23.8. The van der Waals surface area contributed by atoms with Crippen molar-refractivity contribution in [1.82, 2.24) is 4.90 Å². The zero-order chi connectivity index (χ0) is 15.3. The molecule has 0 spiro atoms. The summed E-state index contributed by atoms with van der Waals surface area (Å²) in [6.45, 7) is 2.15. The van der Waals surface area contributed by atoms with Gasteiger partial charge < -0.3 is 15.3 Å². The Morgan fingerprint density at radius 3 is 2.65 bits per heavy atom. The molecule has 5 nitrogen and oxygen atoms in total. The van der Waals surface area contributed by atoms with Crippen LogP contribution in [0.3, 0.4) is 0 Å². The van der Waals surface area contributed by atoms with Gasteiger partial charge in [0.05, 0.1) is 17.1 Å². The number of halogens is 3. The number of benzene rings is 1. The van der Waals surface area contributed by atoms with Crippen molar-refractivity contribution < 1.29 is 19.1 Å². The number of anilines is 1. The Hall–Kier alpha value is -1.34. The average molecular weight is 368 g/mol. The van der Waals surface area contributed by atoms with Crippen LogP contribution in [0.5, 0.6) is 0 Å². The van der Waals surface area contributed by atoms with Crippen LogP contribution in [-0.2, 0) is 4.79 Å². The zero-order valence-corrected chi connectivity index (χ0v) is 13.0. The fraction of sp³-hybridized carbons (Fsp3) is 0.333. The number of amides is 2. The first-order chi connectivity index (χ1) is 9.35. The van der Waals surface area contributed by atoms with E-state index in [-0.39, 0.29) is 23.7 Å². The van der Waals surface area contributed by atoms with Crippen LogP contribution in [0.25, 0.3) is 0 Å². The molecule has 0 unspecified atom stereocenters. The lowest BCUT2D eigenvalue weighted by Crippen LogP contribution is -2.36. The summed E-state index contributed by atoms with van der Waals surface area (Å²) in [6.07, 6.45) is -0.153. The second-order valence-electron chi connectivity index (χ2n) is 3.90. The summed E-state index contributed by atoms with van der Waals surface area (Å²) < 4.78 is 13.4. The van der Waals surface area contributed by atoms with E-state index in [2.05, 4.69) is 21.2 Å². The van der Waals surface area contributed by atoms with Crippen LogP contribution in [0.4, 0.5) is 14.9 Å². The van der Waals surface area contributed by atoms with Crippen molar-refractivity contribution in [3.8, 4) is 0 Å². The number of nitrogens with one attached hydrogen (secondary N) is 1. The van der Waals surface area contributed by atoms with Gasteiger partial charge in [-0.05, 0) is 35.0 Å². The van der Waals surface area contributed by atoms with Gasteiger partial charge >= 0.3 is 12.0 Å². The minimum absolute atomic E-state index is 0.0551. The van der Waals surface area contributed by atoms with Crippen molar-refractivity contribution in [3.05, 3.63) is 27.4 Å². The van der Waals surface area contributed by atoms with Crippen LogP contribution in [0.15, 0.2) is 16.6 Å². The van der Waals surface area contributed by atoms with Crippen molar-refractivity contribution in [1.29, 1.82) is 0 Å². The summed E-state index contributed by atoms with van der Waals surface area (Å²) in [5.74, 6) is -1.52. The highest BCUT2D eigenvalue weighted by atomic mass is 79.9. The van der Waals surface area contributed by atoms with E-state index in [1.54, 1.807) is 6.92 Å². The molecule has 0 aliphatic carbocycles. The number of nitrogens with zero attached hydrogens (tertiary/aromatic N) is 1. The summed E-state index contributed by atoms with van der Waals surface area (Å²) in [5, 5.41) is 11.2. The van der Waals surface area contributed by atoms with Gasteiger partial charge in [0.25, 0.3) is 0 Å². The van der Waals surface area contributed by atoms with Crippen molar-refractivity contribution in [3.63, 3.8) is 0 Å². The SMILES string of the molecule is CCN(CCC(=O)O)C(=O)Nc1c(Cl)cc(F)cc1Br. The molecular weight excluding hydrogens is 354 g/mol. The van der Waals surface area contributed by atoms with Gasteiger partial charge in [-0.2, -0.15) is 0 Å². The molecule has 0 radical (unpaired) electrons. The van der Waals surface area contributed by atoms with E-state index in [9.17, 15) is 14.0 Å². The Bertz CT molecular complexity index is 504. The number of urea groups is 1. The van der Waals surface area contributed by atoms with Gasteiger partial charge in [0.1, 0.15) is 5.82 Å². The molecule has 0 bridgehead atoms. The number of rotatable bonds is 5. The van der Waals surface area contributed by atoms with E-state index in [1.807, 2.05) is 0 Å². The molecule has 110 valence electrons. The third-order valence-corrected chi connectivity index (χ3v) is 3.43. The first-order valence-corrected chi connectivity index (χ1v) is 6.94. The highest BCUT2D eigenvalue weighted by molar-refractivity contribution is 9.10. The molecule has 0 aromatic heterocycles. The molecule has 0 saturated carbocycles. The molecule has 2 N–H and O–H groups in total. The van der Waals surface area contributed by atoms with Crippen molar-refractivity contribution >= 4 is 45.2 Å². The van der Waals surface area contributed by atoms with E-state index in [1.165, 1.54) is 11.0 Å². The number of carboxylic acid groups (broad SMARTS) is 1. The number of aliphatic carboxylic acids is 1. The van der Waals surface area contributed by atoms with Crippen LogP contribution in [0.2, 0.25) is 5.02 Å². The molecular formula is C12H13BrClFN2O3. The maximum absolute atomic E-state index is 13.1. The quantitative estimate of drug-likeness (QED) is 0.836. The van der Waals surface area contributed by atoms with Gasteiger partial charge in [-0.25, -0.2) is 9.18 Å². The molecule has 1 aromatic rings. The minimum Gasteiger partial charge on any atom is -0.481 e. The normalized spacial score (nSPS) is 10.2. The van der Waals surface area contributed by atoms with Gasteiger partial charge in [-0.15, -0.1) is 0 Å². The topological polar surface area (TPSA) is 69.6 Å². The largest absolute Gasteiger partial charge is 0.481 e. The molecule has 0 heterocycles. The standard InChI is InChI=1S/C12H13BrClFN2O3/c1-2-17(4-3-10(18)19)12(20)16-11-8(13)5-7(15)6-9(11)14/h5-6H,2-4H2,1H3,(H,16,20)(H,18,19). The number of carbonyl (C=O) groups is 2. The summed E-state index contributed by atoms with van der Waals surface area (Å²) in [7, 11) is 0.